The Balaban J connectivity index is 1.60. The standard InChI is InChI=1S/C24H37N3O4/c1-5-6-10-25-24(29)19-8-7-17(2)27(14-19)16-23(28)26-11-9-18-12-21(30-3)22(31-4)13-20(18)15-26/h12-13,17,19H,5-11,14-16H2,1-4H3,(H,25,29). The van der Waals surface area contributed by atoms with Crippen LogP contribution in [-0.4, -0.2) is 68.1 Å². The van der Waals surface area contributed by atoms with Crippen LogP contribution in [0.4, 0.5) is 0 Å². The van der Waals surface area contributed by atoms with E-state index in [9.17, 15) is 9.59 Å². The van der Waals surface area contributed by atoms with Gasteiger partial charge in [0.25, 0.3) is 0 Å². The monoisotopic (exact) mass is 431 g/mol. The van der Waals surface area contributed by atoms with Crippen LogP contribution in [0.2, 0.25) is 0 Å². The number of fused-ring (bicyclic) bond motifs is 1. The molecule has 1 aromatic carbocycles. The van der Waals surface area contributed by atoms with Gasteiger partial charge in [-0.05, 0) is 55.9 Å². The second-order valence-corrected chi connectivity index (χ2v) is 8.74. The van der Waals surface area contributed by atoms with Crippen LogP contribution in [0.15, 0.2) is 12.1 Å². The van der Waals surface area contributed by atoms with Gasteiger partial charge in [0.05, 0.1) is 26.7 Å². The Morgan fingerprint density at radius 1 is 1.13 bits per heavy atom. The molecule has 0 spiro atoms. The highest BCUT2D eigenvalue weighted by atomic mass is 16.5. The fourth-order valence-corrected chi connectivity index (χ4v) is 4.52. The number of carbonyl (C=O) groups excluding carboxylic acids is 2. The second-order valence-electron chi connectivity index (χ2n) is 8.74. The molecule has 7 heteroatoms. The van der Waals surface area contributed by atoms with Crippen molar-refractivity contribution in [2.75, 3.05) is 40.4 Å². The van der Waals surface area contributed by atoms with E-state index in [4.69, 9.17) is 9.47 Å². The summed E-state index contributed by atoms with van der Waals surface area (Å²) >= 11 is 0. The fraction of sp³-hybridized carbons (Fsp3) is 0.667. The summed E-state index contributed by atoms with van der Waals surface area (Å²) in [5.74, 6) is 1.65. The summed E-state index contributed by atoms with van der Waals surface area (Å²) in [7, 11) is 3.27. The molecule has 2 amide bonds. The third-order valence-corrected chi connectivity index (χ3v) is 6.62. The largest absolute Gasteiger partial charge is 0.493 e. The molecule has 2 aliphatic heterocycles. The third kappa shape index (κ3) is 5.70. The quantitative estimate of drug-likeness (QED) is 0.641. The lowest BCUT2D eigenvalue weighted by Gasteiger charge is -2.38. The van der Waals surface area contributed by atoms with Crippen LogP contribution in [0.5, 0.6) is 11.5 Å². The molecule has 0 saturated carbocycles. The number of hydrogen-bond acceptors (Lipinski definition) is 5. The van der Waals surface area contributed by atoms with Crippen molar-refractivity contribution in [1.29, 1.82) is 0 Å². The number of methoxy groups -OCH3 is 2. The summed E-state index contributed by atoms with van der Waals surface area (Å²) in [6.45, 7) is 7.31. The number of benzene rings is 1. The van der Waals surface area contributed by atoms with Gasteiger partial charge in [-0.2, -0.15) is 0 Å². The summed E-state index contributed by atoms with van der Waals surface area (Å²) in [4.78, 5) is 29.7. The van der Waals surface area contributed by atoms with E-state index >= 15 is 0 Å². The molecule has 0 radical (unpaired) electrons. The van der Waals surface area contributed by atoms with Crippen molar-refractivity contribution in [1.82, 2.24) is 15.1 Å². The van der Waals surface area contributed by atoms with E-state index in [0.29, 0.717) is 38.0 Å². The van der Waals surface area contributed by atoms with Crippen molar-refractivity contribution in [3.8, 4) is 11.5 Å². The van der Waals surface area contributed by atoms with Gasteiger partial charge in [-0.15, -0.1) is 0 Å². The molecule has 2 atom stereocenters. The number of likely N-dealkylation sites (tertiary alicyclic amines) is 1. The lowest BCUT2D eigenvalue weighted by molar-refractivity contribution is -0.136. The number of piperidine rings is 1. The van der Waals surface area contributed by atoms with Crippen molar-refractivity contribution in [2.24, 2.45) is 5.92 Å². The molecule has 2 unspecified atom stereocenters. The van der Waals surface area contributed by atoms with Gasteiger partial charge in [0, 0.05) is 32.2 Å². The number of nitrogens with zero attached hydrogens (tertiary/aromatic N) is 2. The Bertz CT molecular complexity index is 782. The zero-order chi connectivity index (χ0) is 22.4. The Morgan fingerprint density at radius 3 is 2.52 bits per heavy atom. The molecule has 1 fully saturated rings. The zero-order valence-electron chi connectivity index (χ0n) is 19.4. The molecule has 0 aliphatic carbocycles. The van der Waals surface area contributed by atoms with E-state index < -0.39 is 0 Å². The summed E-state index contributed by atoms with van der Waals surface area (Å²) in [6.07, 6.45) is 4.71. The van der Waals surface area contributed by atoms with E-state index in [0.717, 1.165) is 50.0 Å². The van der Waals surface area contributed by atoms with Gasteiger partial charge in [-0.25, -0.2) is 0 Å². The normalized spacial score (nSPS) is 21.4. The minimum atomic E-state index is -0.0281. The van der Waals surface area contributed by atoms with Gasteiger partial charge < -0.3 is 19.7 Å². The molecule has 0 bridgehead atoms. The molecule has 1 N–H and O–H groups in total. The van der Waals surface area contributed by atoms with Crippen molar-refractivity contribution in [3.63, 3.8) is 0 Å². The van der Waals surface area contributed by atoms with Gasteiger partial charge >= 0.3 is 0 Å². The Kier molecular flexibility index (Phi) is 8.18. The lowest BCUT2D eigenvalue weighted by Crippen LogP contribution is -2.51. The number of ether oxygens (including phenoxy) is 2. The number of hydrogen-bond donors (Lipinski definition) is 1. The minimum Gasteiger partial charge on any atom is -0.493 e. The predicted octanol–water partition coefficient (Wildman–Crippen LogP) is 2.61. The molecular weight excluding hydrogens is 394 g/mol. The highest BCUT2D eigenvalue weighted by Gasteiger charge is 2.32. The van der Waals surface area contributed by atoms with Crippen LogP contribution < -0.4 is 14.8 Å². The molecule has 2 aliphatic rings. The molecule has 172 valence electrons. The SMILES string of the molecule is CCCCNC(=O)C1CCC(C)N(CC(=O)N2CCc3cc(OC)c(OC)cc3C2)C1. The lowest BCUT2D eigenvalue weighted by atomic mass is 9.92. The first-order valence-electron chi connectivity index (χ1n) is 11.5. The molecule has 3 rings (SSSR count). The molecule has 1 saturated heterocycles. The van der Waals surface area contributed by atoms with Crippen LogP contribution >= 0.6 is 0 Å². The minimum absolute atomic E-state index is 0.0281. The fourth-order valence-electron chi connectivity index (χ4n) is 4.52. The van der Waals surface area contributed by atoms with E-state index in [1.165, 1.54) is 5.56 Å². The van der Waals surface area contributed by atoms with Gasteiger partial charge in [0.2, 0.25) is 11.8 Å². The highest BCUT2D eigenvalue weighted by molar-refractivity contribution is 5.80. The number of unbranched alkanes of at least 4 members (excludes halogenated alkanes) is 1. The average Bonchev–Trinajstić information content (AvgIpc) is 2.79. The first-order chi connectivity index (χ1) is 15.0. The number of rotatable bonds is 8. The maximum Gasteiger partial charge on any atom is 0.237 e. The predicted molar refractivity (Wildman–Crippen MR) is 120 cm³/mol. The maximum absolute atomic E-state index is 13.1. The van der Waals surface area contributed by atoms with Crippen LogP contribution in [-0.2, 0) is 22.6 Å². The van der Waals surface area contributed by atoms with Gasteiger partial charge in [-0.1, -0.05) is 13.3 Å². The van der Waals surface area contributed by atoms with E-state index in [1.54, 1.807) is 14.2 Å². The first kappa shape index (κ1) is 23.4. The van der Waals surface area contributed by atoms with Gasteiger partial charge in [0.15, 0.2) is 11.5 Å². The maximum atomic E-state index is 13.1. The van der Waals surface area contributed by atoms with Crippen LogP contribution in [0.25, 0.3) is 0 Å². The Morgan fingerprint density at radius 2 is 1.84 bits per heavy atom. The smallest absolute Gasteiger partial charge is 0.237 e. The number of nitrogens with one attached hydrogen (secondary N) is 1. The molecule has 0 aromatic heterocycles. The Labute approximate surface area is 186 Å². The van der Waals surface area contributed by atoms with Crippen LogP contribution in [0.1, 0.15) is 50.7 Å². The highest BCUT2D eigenvalue weighted by Crippen LogP contribution is 2.33. The molecule has 7 nitrogen and oxygen atoms in total. The number of amides is 2. The van der Waals surface area contributed by atoms with Crippen molar-refractivity contribution in [3.05, 3.63) is 23.3 Å². The Hall–Kier alpha value is -2.28. The summed E-state index contributed by atoms with van der Waals surface area (Å²) in [5.41, 5.74) is 2.31. The summed E-state index contributed by atoms with van der Waals surface area (Å²) in [5, 5.41) is 3.05. The zero-order valence-corrected chi connectivity index (χ0v) is 19.4. The molecule has 31 heavy (non-hydrogen) atoms. The van der Waals surface area contributed by atoms with Gasteiger partial charge in [-0.3, -0.25) is 14.5 Å². The molecular formula is C24H37N3O4. The van der Waals surface area contributed by atoms with E-state index in [-0.39, 0.29) is 17.7 Å². The number of carbonyl (C=O) groups is 2. The average molecular weight is 432 g/mol. The second kappa shape index (κ2) is 10.8. The van der Waals surface area contributed by atoms with E-state index in [2.05, 4.69) is 24.1 Å². The van der Waals surface area contributed by atoms with E-state index in [1.807, 2.05) is 17.0 Å². The summed E-state index contributed by atoms with van der Waals surface area (Å²) in [6, 6.07) is 4.31. The van der Waals surface area contributed by atoms with Crippen molar-refractivity contribution < 1.29 is 19.1 Å². The van der Waals surface area contributed by atoms with Crippen LogP contribution in [0, 0.1) is 5.92 Å². The van der Waals surface area contributed by atoms with Crippen molar-refractivity contribution >= 4 is 11.8 Å². The topological polar surface area (TPSA) is 71.1 Å². The molecule has 1 aromatic rings. The molecule has 2 heterocycles. The van der Waals surface area contributed by atoms with Crippen molar-refractivity contribution in [2.45, 2.75) is 58.5 Å². The third-order valence-electron chi connectivity index (χ3n) is 6.62. The first-order valence-corrected chi connectivity index (χ1v) is 11.5. The van der Waals surface area contributed by atoms with Crippen LogP contribution in [0.3, 0.4) is 0 Å². The summed E-state index contributed by atoms with van der Waals surface area (Å²) < 4.78 is 10.8. The van der Waals surface area contributed by atoms with Gasteiger partial charge in [0.1, 0.15) is 0 Å².